The highest BCUT2D eigenvalue weighted by Crippen LogP contribution is 2.18. The van der Waals surface area contributed by atoms with Gasteiger partial charge in [0.1, 0.15) is 0 Å². The number of nitrogens with one attached hydrogen (secondary N) is 1. The summed E-state index contributed by atoms with van der Waals surface area (Å²) in [4.78, 5) is 31.5. The predicted molar refractivity (Wildman–Crippen MR) is 123 cm³/mol. The highest BCUT2D eigenvalue weighted by atomic mass is 16.6. The monoisotopic (exact) mass is 450 g/mol. The van der Waals surface area contributed by atoms with Crippen molar-refractivity contribution in [2.45, 2.75) is 19.9 Å². The van der Waals surface area contributed by atoms with Crippen LogP contribution >= 0.6 is 0 Å². The molecule has 1 aliphatic heterocycles. The zero-order valence-electron chi connectivity index (χ0n) is 18.4. The first-order valence-corrected chi connectivity index (χ1v) is 10.8. The maximum absolute atomic E-state index is 12.2. The van der Waals surface area contributed by atoms with Gasteiger partial charge in [-0.2, -0.15) is 4.98 Å². The maximum Gasteiger partial charge on any atom is 0.269 e. The Morgan fingerprint density at radius 3 is 2.39 bits per heavy atom. The number of rotatable bonds is 8. The molecule has 1 amide bonds. The number of hydrogen-bond acceptors (Lipinski definition) is 8. The Morgan fingerprint density at radius 1 is 1.06 bits per heavy atom. The Labute approximate surface area is 191 Å². The summed E-state index contributed by atoms with van der Waals surface area (Å²) in [6.07, 6.45) is 0.362. The van der Waals surface area contributed by atoms with Crippen LogP contribution in [-0.4, -0.2) is 63.5 Å². The van der Waals surface area contributed by atoms with E-state index in [0.29, 0.717) is 36.9 Å². The average Bonchev–Trinajstić information content (AvgIpc) is 3.28. The van der Waals surface area contributed by atoms with Crippen molar-refractivity contribution in [3.8, 4) is 11.4 Å². The SMILES string of the molecule is Cc1ccc(-c2noc(CN3CCN(CCC(=O)Nc4ccc([N+](=O)[O-])cc4)CC3)n2)cc1. The number of piperazine rings is 1. The van der Waals surface area contributed by atoms with Crippen molar-refractivity contribution < 1.29 is 14.2 Å². The Morgan fingerprint density at radius 2 is 1.73 bits per heavy atom. The minimum Gasteiger partial charge on any atom is -0.338 e. The maximum atomic E-state index is 12.2. The highest BCUT2D eigenvalue weighted by Gasteiger charge is 2.20. The van der Waals surface area contributed by atoms with Gasteiger partial charge in [-0.15, -0.1) is 0 Å². The van der Waals surface area contributed by atoms with Crippen LogP contribution in [0.3, 0.4) is 0 Å². The topological polar surface area (TPSA) is 118 Å². The average molecular weight is 450 g/mol. The number of non-ortho nitro benzene ring substituents is 1. The van der Waals surface area contributed by atoms with Gasteiger partial charge in [-0.05, 0) is 19.1 Å². The minimum atomic E-state index is -0.466. The van der Waals surface area contributed by atoms with Crippen LogP contribution in [0.5, 0.6) is 0 Å². The fraction of sp³-hybridized carbons (Fsp3) is 0.348. The van der Waals surface area contributed by atoms with E-state index in [0.717, 1.165) is 31.7 Å². The zero-order chi connectivity index (χ0) is 23.2. The Kier molecular flexibility index (Phi) is 7.06. The van der Waals surface area contributed by atoms with Crippen molar-refractivity contribution in [2.75, 3.05) is 38.0 Å². The van der Waals surface area contributed by atoms with Gasteiger partial charge in [0.15, 0.2) is 0 Å². The molecule has 0 bridgehead atoms. The van der Waals surface area contributed by atoms with Crippen molar-refractivity contribution in [1.82, 2.24) is 19.9 Å². The Hall–Kier alpha value is -3.63. The lowest BCUT2D eigenvalue weighted by molar-refractivity contribution is -0.384. The second-order valence-corrected chi connectivity index (χ2v) is 8.10. The first-order chi connectivity index (χ1) is 16.0. The van der Waals surface area contributed by atoms with Crippen molar-refractivity contribution >= 4 is 17.3 Å². The van der Waals surface area contributed by atoms with Gasteiger partial charge in [0.25, 0.3) is 5.69 Å². The van der Waals surface area contributed by atoms with Crippen LogP contribution in [-0.2, 0) is 11.3 Å². The molecule has 2 aromatic carbocycles. The van der Waals surface area contributed by atoms with E-state index in [1.165, 1.54) is 29.8 Å². The fourth-order valence-electron chi connectivity index (χ4n) is 3.65. The molecule has 0 saturated carbocycles. The van der Waals surface area contributed by atoms with Gasteiger partial charge in [0, 0.05) is 62.5 Å². The summed E-state index contributed by atoms with van der Waals surface area (Å²) >= 11 is 0. The summed E-state index contributed by atoms with van der Waals surface area (Å²) in [5, 5.41) is 17.6. The third-order valence-corrected chi connectivity index (χ3v) is 5.62. The molecule has 33 heavy (non-hydrogen) atoms. The number of anilines is 1. The van der Waals surface area contributed by atoms with Crippen molar-refractivity contribution in [1.29, 1.82) is 0 Å². The lowest BCUT2D eigenvalue weighted by Gasteiger charge is -2.33. The van der Waals surface area contributed by atoms with E-state index in [1.807, 2.05) is 31.2 Å². The van der Waals surface area contributed by atoms with E-state index in [4.69, 9.17) is 4.52 Å². The van der Waals surface area contributed by atoms with Crippen LogP contribution in [0.2, 0.25) is 0 Å². The number of hydrogen-bond donors (Lipinski definition) is 1. The summed E-state index contributed by atoms with van der Waals surface area (Å²) in [5.41, 5.74) is 2.68. The summed E-state index contributed by atoms with van der Waals surface area (Å²) in [6, 6.07) is 13.9. The molecule has 0 spiro atoms. The van der Waals surface area contributed by atoms with E-state index in [9.17, 15) is 14.9 Å². The molecule has 1 N–H and O–H groups in total. The summed E-state index contributed by atoms with van der Waals surface area (Å²) in [7, 11) is 0. The van der Waals surface area contributed by atoms with Crippen LogP contribution in [0.1, 0.15) is 17.9 Å². The molecule has 0 aliphatic carbocycles. The van der Waals surface area contributed by atoms with E-state index in [-0.39, 0.29) is 11.6 Å². The second kappa shape index (κ2) is 10.3. The van der Waals surface area contributed by atoms with Crippen LogP contribution in [0.15, 0.2) is 53.1 Å². The van der Waals surface area contributed by atoms with Crippen molar-refractivity contribution in [3.05, 3.63) is 70.1 Å². The van der Waals surface area contributed by atoms with Gasteiger partial charge in [-0.25, -0.2) is 0 Å². The molecule has 0 atom stereocenters. The molecule has 1 aromatic heterocycles. The largest absolute Gasteiger partial charge is 0.338 e. The number of amides is 1. The second-order valence-electron chi connectivity index (χ2n) is 8.10. The lowest BCUT2D eigenvalue weighted by Crippen LogP contribution is -2.46. The fourth-order valence-corrected chi connectivity index (χ4v) is 3.65. The van der Waals surface area contributed by atoms with Gasteiger partial charge >= 0.3 is 0 Å². The molecule has 1 aliphatic rings. The standard InChI is InChI=1S/C23H26N6O4/c1-17-2-4-18(5-3-17)23-25-22(33-26-23)16-28-14-12-27(13-15-28)11-10-21(30)24-19-6-8-20(9-7-19)29(31)32/h2-9H,10-16H2,1H3,(H,24,30). The van der Waals surface area contributed by atoms with Crippen molar-refractivity contribution in [3.63, 3.8) is 0 Å². The first-order valence-electron chi connectivity index (χ1n) is 10.8. The quantitative estimate of drug-likeness (QED) is 0.411. The number of benzene rings is 2. The van der Waals surface area contributed by atoms with Gasteiger partial charge in [0.2, 0.25) is 17.6 Å². The molecule has 10 heteroatoms. The molecular formula is C23H26N6O4. The molecule has 2 heterocycles. The molecule has 3 aromatic rings. The van der Waals surface area contributed by atoms with Crippen LogP contribution < -0.4 is 5.32 Å². The number of carbonyl (C=O) groups is 1. The lowest BCUT2D eigenvalue weighted by atomic mass is 10.1. The molecule has 0 radical (unpaired) electrons. The van der Waals surface area contributed by atoms with E-state index in [2.05, 4.69) is 25.3 Å². The van der Waals surface area contributed by atoms with Crippen LogP contribution in [0, 0.1) is 17.0 Å². The number of nitro benzene ring substituents is 1. The van der Waals surface area contributed by atoms with Crippen LogP contribution in [0.25, 0.3) is 11.4 Å². The Bertz CT molecular complexity index is 1090. The van der Waals surface area contributed by atoms with Crippen LogP contribution in [0.4, 0.5) is 11.4 Å². The molecule has 0 unspecified atom stereocenters. The number of nitrogens with zero attached hydrogens (tertiary/aromatic N) is 5. The third-order valence-electron chi connectivity index (χ3n) is 5.62. The molecule has 10 nitrogen and oxygen atoms in total. The number of carbonyl (C=O) groups excluding carboxylic acids is 1. The predicted octanol–water partition coefficient (Wildman–Crippen LogP) is 3.10. The molecule has 1 saturated heterocycles. The number of aryl methyl sites for hydroxylation is 1. The van der Waals surface area contributed by atoms with Crippen molar-refractivity contribution in [2.24, 2.45) is 0 Å². The summed E-state index contributed by atoms with van der Waals surface area (Å²) in [6.45, 7) is 6.71. The Balaban J connectivity index is 1.18. The molecular weight excluding hydrogens is 424 g/mol. The van der Waals surface area contributed by atoms with E-state index in [1.54, 1.807) is 0 Å². The molecule has 172 valence electrons. The van der Waals surface area contributed by atoms with Gasteiger partial charge in [0.05, 0.1) is 11.5 Å². The smallest absolute Gasteiger partial charge is 0.269 e. The highest BCUT2D eigenvalue weighted by molar-refractivity contribution is 5.90. The first kappa shape index (κ1) is 22.6. The van der Waals surface area contributed by atoms with Gasteiger partial charge < -0.3 is 14.7 Å². The third kappa shape index (κ3) is 6.21. The molecule has 4 rings (SSSR count). The number of aromatic nitrogens is 2. The summed E-state index contributed by atoms with van der Waals surface area (Å²) in [5.74, 6) is 1.09. The van der Waals surface area contributed by atoms with E-state index < -0.39 is 4.92 Å². The molecule has 1 fully saturated rings. The van der Waals surface area contributed by atoms with Gasteiger partial charge in [-0.3, -0.25) is 19.8 Å². The summed E-state index contributed by atoms with van der Waals surface area (Å²) < 4.78 is 5.43. The normalized spacial score (nSPS) is 14.8. The minimum absolute atomic E-state index is 0.00206. The zero-order valence-corrected chi connectivity index (χ0v) is 18.4. The number of nitro groups is 1. The van der Waals surface area contributed by atoms with Gasteiger partial charge in [-0.1, -0.05) is 35.0 Å². The van der Waals surface area contributed by atoms with E-state index >= 15 is 0 Å².